The fourth-order valence-electron chi connectivity index (χ4n) is 2.17. The molecule has 1 saturated carbocycles. The van der Waals surface area contributed by atoms with Crippen molar-refractivity contribution in [2.24, 2.45) is 5.73 Å². The number of rotatable bonds is 4. The molecule has 0 aromatic heterocycles. The van der Waals surface area contributed by atoms with Gasteiger partial charge in [0.05, 0.1) is 13.0 Å². The van der Waals surface area contributed by atoms with Crippen LogP contribution >= 0.6 is 0 Å². The minimum absolute atomic E-state index is 0.138. The first-order chi connectivity index (χ1) is 7.16. The van der Waals surface area contributed by atoms with Gasteiger partial charge < -0.3 is 15.4 Å². The van der Waals surface area contributed by atoms with Crippen molar-refractivity contribution >= 4 is 5.91 Å². The van der Waals surface area contributed by atoms with E-state index in [1.807, 2.05) is 11.9 Å². The summed E-state index contributed by atoms with van der Waals surface area (Å²) in [7, 11) is 3.47. The highest BCUT2D eigenvalue weighted by molar-refractivity contribution is 5.76. The summed E-state index contributed by atoms with van der Waals surface area (Å²) < 4.78 is 4.90. The number of hydrogen-bond donors (Lipinski definition) is 1. The van der Waals surface area contributed by atoms with E-state index in [1.165, 1.54) is 12.8 Å². The number of ether oxygens (including phenoxy) is 1. The number of likely N-dealkylation sites (N-methyl/N-ethyl adjacent to an activating group) is 1. The van der Waals surface area contributed by atoms with Gasteiger partial charge in [0.15, 0.2) is 0 Å². The molecule has 0 heterocycles. The van der Waals surface area contributed by atoms with E-state index in [4.69, 9.17) is 10.5 Å². The van der Waals surface area contributed by atoms with Crippen LogP contribution in [-0.4, -0.2) is 43.7 Å². The standard InChI is InChI=1S/C11H22N2O2/c1-13(11(14)7-8-15-2)10-6-4-3-5-9(10)12/h9-10H,3-8,12H2,1-2H3. The molecule has 4 heteroatoms. The van der Waals surface area contributed by atoms with E-state index in [9.17, 15) is 4.79 Å². The highest BCUT2D eigenvalue weighted by Crippen LogP contribution is 2.21. The molecule has 1 amide bonds. The Bertz CT molecular complexity index is 209. The van der Waals surface area contributed by atoms with Gasteiger partial charge in [-0.1, -0.05) is 12.8 Å². The number of methoxy groups -OCH3 is 1. The van der Waals surface area contributed by atoms with Crippen LogP contribution in [0.25, 0.3) is 0 Å². The molecule has 0 radical (unpaired) electrons. The van der Waals surface area contributed by atoms with Crippen molar-refractivity contribution in [2.45, 2.75) is 44.2 Å². The molecule has 0 saturated heterocycles. The van der Waals surface area contributed by atoms with E-state index in [0.29, 0.717) is 13.0 Å². The second-order valence-corrected chi connectivity index (χ2v) is 4.26. The van der Waals surface area contributed by atoms with Crippen LogP contribution in [0.5, 0.6) is 0 Å². The van der Waals surface area contributed by atoms with E-state index in [-0.39, 0.29) is 18.0 Å². The zero-order valence-electron chi connectivity index (χ0n) is 9.74. The van der Waals surface area contributed by atoms with Gasteiger partial charge >= 0.3 is 0 Å². The van der Waals surface area contributed by atoms with Gasteiger partial charge in [-0.2, -0.15) is 0 Å². The Kier molecular flexibility index (Phi) is 5.05. The van der Waals surface area contributed by atoms with Crippen LogP contribution in [0.2, 0.25) is 0 Å². The average Bonchev–Trinajstić information content (AvgIpc) is 2.25. The minimum Gasteiger partial charge on any atom is -0.384 e. The third kappa shape index (κ3) is 3.47. The summed E-state index contributed by atoms with van der Waals surface area (Å²) in [6, 6.07) is 0.373. The molecule has 0 aromatic carbocycles. The van der Waals surface area contributed by atoms with Gasteiger partial charge in [0.1, 0.15) is 0 Å². The van der Waals surface area contributed by atoms with E-state index in [0.717, 1.165) is 12.8 Å². The van der Waals surface area contributed by atoms with Gasteiger partial charge in [0.2, 0.25) is 5.91 Å². The third-order valence-electron chi connectivity index (χ3n) is 3.19. The van der Waals surface area contributed by atoms with E-state index in [2.05, 4.69) is 0 Å². The third-order valence-corrected chi connectivity index (χ3v) is 3.19. The van der Waals surface area contributed by atoms with Gasteiger partial charge in [-0.25, -0.2) is 0 Å². The Labute approximate surface area is 91.8 Å². The Morgan fingerprint density at radius 1 is 1.47 bits per heavy atom. The zero-order chi connectivity index (χ0) is 11.3. The summed E-state index contributed by atoms with van der Waals surface area (Å²) in [5, 5.41) is 0. The zero-order valence-corrected chi connectivity index (χ0v) is 9.74. The lowest BCUT2D eigenvalue weighted by Crippen LogP contribution is -2.50. The van der Waals surface area contributed by atoms with Gasteiger partial charge in [0.25, 0.3) is 0 Å². The summed E-state index contributed by atoms with van der Waals surface area (Å²) in [5.41, 5.74) is 6.02. The molecule has 4 nitrogen and oxygen atoms in total. The largest absolute Gasteiger partial charge is 0.384 e. The molecular formula is C11H22N2O2. The quantitative estimate of drug-likeness (QED) is 0.751. The van der Waals surface area contributed by atoms with Crippen molar-refractivity contribution in [3.8, 4) is 0 Å². The molecule has 15 heavy (non-hydrogen) atoms. The van der Waals surface area contributed by atoms with Gasteiger partial charge in [-0.05, 0) is 12.8 Å². The molecular weight excluding hydrogens is 192 g/mol. The first-order valence-electron chi connectivity index (χ1n) is 5.67. The molecule has 88 valence electrons. The van der Waals surface area contributed by atoms with Gasteiger partial charge in [0, 0.05) is 26.2 Å². The second-order valence-electron chi connectivity index (χ2n) is 4.26. The summed E-state index contributed by atoms with van der Waals surface area (Å²) in [6.07, 6.45) is 4.90. The van der Waals surface area contributed by atoms with Crippen molar-refractivity contribution in [3.63, 3.8) is 0 Å². The molecule has 2 atom stereocenters. The Morgan fingerprint density at radius 2 is 2.13 bits per heavy atom. The van der Waals surface area contributed by atoms with Gasteiger partial charge in [-0.3, -0.25) is 4.79 Å². The maximum Gasteiger partial charge on any atom is 0.224 e. The van der Waals surface area contributed by atoms with Crippen molar-refractivity contribution in [1.29, 1.82) is 0 Å². The Hall–Kier alpha value is -0.610. The molecule has 2 unspecified atom stereocenters. The van der Waals surface area contributed by atoms with Crippen LogP contribution in [0, 0.1) is 0 Å². The van der Waals surface area contributed by atoms with Crippen molar-refractivity contribution < 1.29 is 9.53 Å². The van der Waals surface area contributed by atoms with E-state index >= 15 is 0 Å². The number of nitrogens with zero attached hydrogens (tertiary/aromatic N) is 1. The normalized spacial score (nSPS) is 26.3. The highest BCUT2D eigenvalue weighted by atomic mass is 16.5. The topological polar surface area (TPSA) is 55.6 Å². The molecule has 1 fully saturated rings. The molecule has 0 aromatic rings. The maximum absolute atomic E-state index is 11.7. The SMILES string of the molecule is COCCC(=O)N(C)C1CCCCC1N. The minimum atomic E-state index is 0.138. The molecule has 1 aliphatic rings. The monoisotopic (exact) mass is 214 g/mol. The summed E-state index contributed by atoms with van der Waals surface area (Å²) >= 11 is 0. The lowest BCUT2D eigenvalue weighted by molar-refractivity contribution is -0.133. The van der Waals surface area contributed by atoms with Crippen LogP contribution in [0.15, 0.2) is 0 Å². The number of carbonyl (C=O) groups is 1. The van der Waals surface area contributed by atoms with E-state index in [1.54, 1.807) is 7.11 Å². The lowest BCUT2D eigenvalue weighted by atomic mass is 9.90. The highest BCUT2D eigenvalue weighted by Gasteiger charge is 2.27. The smallest absolute Gasteiger partial charge is 0.224 e. The Morgan fingerprint density at radius 3 is 2.73 bits per heavy atom. The van der Waals surface area contributed by atoms with Crippen LogP contribution in [0.3, 0.4) is 0 Å². The number of amides is 1. The number of nitrogens with two attached hydrogens (primary N) is 1. The molecule has 0 bridgehead atoms. The fraction of sp³-hybridized carbons (Fsp3) is 0.909. The van der Waals surface area contributed by atoms with Crippen molar-refractivity contribution in [2.75, 3.05) is 20.8 Å². The maximum atomic E-state index is 11.7. The van der Waals surface area contributed by atoms with Crippen LogP contribution in [-0.2, 0) is 9.53 Å². The number of hydrogen-bond acceptors (Lipinski definition) is 3. The first-order valence-corrected chi connectivity index (χ1v) is 5.67. The van der Waals surface area contributed by atoms with Gasteiger partial charge in [-0.15, -0.1) is 0 Å². The van der Waals surface area contributed by atoms with Crippen LogP contribution < -0.4 is 5.73 Å². The molecule has 2 N–H and O–H groups in total. The van der Waals surface area contributed by atoms with E-state index < -0.39 is 0 Å². The number of carbonyl (C=O) groups excluding carboxylic acids is 1. The lowest BCUT2D eigenvalue weighted by Gasteiger charge is -2.36. The first kappa shape index (κ1) is 12.5. The van der Waals surface area contributed by atoms with Crippen LogP contribution in [0.1, 0.15) is 32.1 Å². The summed E-state index contributed by atoms with van der Waals surface area (Å²) in [6.45, 7) is 0.491. The van der Waals surface area contributed by atoms with Crippen molar-refractivity contribution in [3.05, 3.63) is 0 Å². The van der Waals surface area contributed by atoms with Crippen molar-refractivity contribution in [1.82, 2.24) is 4.90 Å². The predicted molar refractivity (Wildman–Crippen MR) is 59.5 cm³/mol. The molecule has 0 spiro atoms. The average molecular weight is 214 g/mol. The summed E-state index contributed by atoms with van der Waals surface area (Å²) in [5.74, 6) is 0.138. The molecule has 1 aliphatic carbocycles. The summed E-state index contributed by atoms with van der Waals surface area (Å²) in [4.78, 5) is 13.5. The fourth-order valence-corrected chi connectivity index (χ4v) is 2.17. The van der Waals surface area contributed by atoms with Crippen LogP contribution in [0.4, 0.5) is 0 Å². The molecule has 0 aliphatic heterocycles. The molecule has 1 rings (SSSR count). The Balaban J connectivity index is 2.42. The predicted octanol–water partition coefficient (Wildman–Crippen LogP) is 0.751. The second kappa shape index (κ2) is 6.08.